The summed E-state index contributed by atoms with van der Waals surface area (Å²) in [6, 6.07) is 1.69. The van der Waals surface area contributed by atoms with Crippen LogP contribution in [0.3, 0.4) is 0 Å². The number of aliphatic hydroxyl groups excluding tert-OH is 1. The Bertz CT molecular complexity index is 651. The van der Waals surface area contributed by atoms with Gasteiger partial charge in [0.15, 0.2) is 0 Å². The lowest BCUT2D eigenvalue weighted by Gasteiger charge is -2.20. The number of likely N-dealkylation sites (tertiary alicyclic amines) is 1. The highest BCUT2D eigenvalue weighted by Crippen LogP contribution is 2.25. The predicted molar refractivity (Wildman–Crippen MR) is 89.7 cm³/mol. The molecule has 0 unspecified atom stereocenters. The van der Waals surface area contributed by atoms with Crippen LogP contribution < -0.4 is 5.56 Å². The Kier molecular flexibility index (Phi) is 5.26. The third kappa shape index (κ3) is 3.48. The van der Waals surface area contributed by atoms with E-state index < -0.39 is 0 Å². The van der Waals surface area contributed by atoms with Crippen LogP contribution in [0, 0.1) is 25.7 Å². The third-order valence-corrected chi connectivity index (χ3v) is 4.90. The van der Waals surface area contributed by atoms with Gasteiger partial charge in [0.05, 0.1) is 0 Å². The molecule has 0 bridgehead atoms. The van der Waals surface area contributed by atoms with Crippen molar-refractivity contribution >= 4 is 5.91 Å². The zero-order valence-corrected chi connectivity index (χ0v) is 14.7. The SMILES string of the molecule is Cc1cc(C(=O)N2C[C@@H](CN(C)C)[C@@H](CO)C2)c(=O)n(C)c1C. The van der Waals surface area contributed by atoms with Gasteiger partial charge in [-0.15, -0.1) is 0 Å². The van der Waals surface area contributed by atoms with Crippen molar-refractivity contribution in [2.75, 3.05) is 40.3 Å². The number of aliphatic hydroxyl groups is 1. The highest BCUT2D eigenvalue weighted by Gasteiger charge is 2.36. The first-order valence-corrected chi connectivity index (χ1v) is 7.98. The van der Waals surface area contributed by atoms with Crippen molar-refractivity contribution in [3.8, 4) is 0 Å². The first-order valence-electron chi connectivity index (χ1n) is 7.98. The topological polar surface area (TPSA) is 65.8 Å². The van der Waals surface area contributed by atoms with Crippen LogP contribution in [0.2, 0.25) is 0 Å². The lowest BCUT2D eigenvalue weighted by Crippen LogP contribution is -2.36. The third-order valence-electron chi connectivity index (χ3n) is 4.90. The summed E-state index contributed by atoms with van der Waals surface area (Å²) in [5.41, 5.74) is 1.76. The van der Waals surface area contributed by atoms with Crippen molar-refractivity contribution in [2.45, 2.75) is 13.8 Å². The molecular formula is C17H27N3O3. The largest absolute Gasteiger partial charge is 0.396 e. The zero-order valence-electron chi connectivity index (χ0n) is 14.7. The molecule has 2 heterocycles. The Morgan fingerprint density at radius 3 is 2.48 bits per heavy atom. The van der Waals surface area contributed by atoms with Crippen molar-refractivity contribution < 1.29 is 9.90 Å². The summed E-state index contributed by atoms with van der Waals surface area (Å²) >= 11 is 0. The van der Waals surface area contributed by atoms with Crippen LogP contribution in [0.25, 0.3) is 0 Å². The Balaban J connectivity index is 2.27. The van der Waals surface area contributed by atoms with Crippen LogP contribution in [-0.2, 0) is 7.05 Å². The summed E-state index contributed by atoms with van der Waals surface area (Å²) < 4.78 is 1.53. The molecule has 0 saturated carbocycles. The molecule has 23 heavy (non-hydrogen) atoms. The van der Waals surface area contributed by atoms with Gasteiger partial charge in [-0.1, -0.05) is 0 Å². The van der Waals surface area contributed by atoms with Gasteiger partial charge >= 0.3 is 0 Å². The van der Waals surface area contributed by atoms with E-state index in [4.69, 9.17) is 0 Å². The number of hydrogen-bond acceptors (Lipinski definition) is 4. The maximum atomic E-state index is 12.8. The fraction of sp³-hybridized carbons (Fsp3) is 0.647. The van der Waals surface area contributed by atoms with Crippen LogP contribution in [-0.4, -0.2) is 65.7 Å². The van der Waals surface area contributed by atoms with Gasteiger partial charge in [0, 0.05) is 44.9 Å². The molecule has 1 saturated heterocycles. The highest BCUT2D eigenvalue weighted by atomic mass is 16.3. The van der Waals surface area contributed by atoms with Crippen molar-refractivity contribution in [1.29, 1.82) is 0 Å². The molecule has 6 nitrogen and oxygen atoms in total. The van der Waals surface area contributed by atoms with Crippen molar-refractivity contribution in [2.24, 2.45) is 18.9 Å². The molecule has 1 aliphatic rings. The van der Waals surface area contributed by atoms with Gasteiger partial charge < -0.3 is 19.5 Å². The smallest absolute Gasteiger partial charge is 0.263 e. The average Bonchev–Trinajstić information content (AvgIpc) is 2.90. The number of amides is 1. The van der Waals surface area contributed by atoms with Crippen LogP contribution in [0.4, 0.5) is 0 Å². The van der Waals surface area contributed by atoms with Crippen molar-refractivity contribution in [3.05, 3.63) is 33.2 Å². The fourth-order valence-corrected chi connectivity index (χ4v) is 3.29. The van der Waals surface area contributed by atoms with E-state index >= 15 is 0 Å². The molecule has 1 amide bonds. The predicted octanol–water partition coefficient (Wildman–Crippen LogP) is 0.244. The molecule has 6 heteroatoms. The minimum Gasteiger partial charge on any atom is -0.396 e. The molecule has 1 fully saturated rings. The maximum Gasteiger partial charge on any atom is 0.263 e. The number of pyridine rings is 1. The second-order valence-corrected chi connectivity index (χ2v) is 6.87. The summed E-state index contributed by atoms with van der Waals surface area (Å²) in [6.45, 7) is 5.74. The number of aryl methyl sites for hydroxylation is 1. The number of carbonyl (C=O) groups excluding carboxylic acids is 1. The monoisotopic (exact) mass is 321 g/mol. The van der Waals surface area contributed by atoms with E-state index in [1.54, 1.807) is 18.0 Å². The van der Waals surface area contributed by atoms with E-state index in [1.807, 2.05) is 27.9 Å². The minimum absolute atomic E-state index is 0.0627. The van der Waals surface area contributed by atoms with E-state index in [9.17, 15) is 14.7 Å². The Labute approximate surface area is 137 Å². The van der Waals surface area contributed by atoms with E-state index in [0.717, 1.165) is 17.8 Å². The number of nitrogens with zero attached hydrogens (tertiary/aromatic N) is 3. The molecular weight excluding hydrogens is 294 g/mol. The van der Waals surface area contributed by atoms with Gasteiger partial charge in [-0.3, -0.25) is 9.59 Å². The summed E-state index contributed by atoms with van der Waals surface area (Å²) in [5, 5.41) is 9.58. The Morgan fingerprint density at radius 1 is 1.30 bits per heavy atom. The summed E-state index contributed by atoms with van der Waals surface area (Å²) in [4.78, 5) is 29.0. The van der Waals surface area contributed by atoms with Crippen molar-refractivity contribution in [1.82, 2.24) is 14.4 Å². The minimum atomic E-state index is -0.255. The van der Waals surface area contributed by atoms with Gasteiger partial charge in [-0.2, -0.15) is 0 Å². The molecule has 0 spiro atoms. The molecule has 1 N–H and O–H groups in total. The quantitative estimate of drug-likeness (QED) is 0.863. The lowest BCUT2D eigenvalue weighted by atomic mass is 9.97. The number of hydrogen-bond donors (Lipinski definition) is 1. The molecule has 0 aromatic carbocycles. The summed E-state index contributed by atoms with van der Waals surface area (Å²) in [6.07, 6.45) is 0. The first kappa shape index (κ1) is 17.7. The second-order valence-electron chi connectivity index (χ2n) is 6.87. The van der Waals surface area contributed by atoms with Gasteiger partial charge in [0.25, 0.3) is 11.5 Å². The van der Waals surface area contributed by atoms with Gasteiger partial charge in [0.2, 0.25) is 0 Å². The van der Waals surface area contributed by atoms with Gasteiger partial charge in [-0.05, 0) is 45.5 Å². The molecule has 2 atom stereocenters. The molecule has 128 valence electrons. The number of rotatable bonds is 4. The second kappa shape index (κ2) is 6.84. The summed E-state index contributed by atoms with van der Waals surface area (Å²) in [5.74, 6) is 0.0690. The van der Waals surface area contributed by atoms with E-state index in [0.29, 0.717) is 13.1 Å². The van der Waals surface area contributed by atoms with Gasteiger partial charge in [0.1, 0.15) is 5.56 Å². The van der Waals surface area contributed by atoms with Crippen molar-refractivity contribution in [3.63, 3.8) is 0 Å². The normalized spacial score (nSPS) is 21.3. The maximum absolute atomic E-state index is 12.8. The molecule has 0 aliphatic carbocycles. The Hall–Kier alpha value is -1.66. The van der Waals surface area contributed by atoms with Crippen LogP contribution in [0.15, 0.2) is 10.9 Å². The van der Waals surface area contributed by atoms with E-state index in [2.05, 4.69) is 4.90 Å². The Morgan fingerprint density at radius 2 is 1.91 bits per heavy atom. The zero-order chi connectivity index (χ0) is 17.3. The number of carbonyl (C=O) groups is 1. The lowest BCUT2D eigenvalue weighted by molar-refractivity contribution is 0.0777. The summed E-state index contributed by atoms with van der Waals surface area (Å²) in [7, 11) is 5.66. The molecule has 2 rings (SSSR count). The molecule has 0 radical (unpaired) electrons. The van der Waals surface area contributed by atoms with E-state index in [1.165, 1.54) is 4.57 Å². The van der Waals surface area contributed by atoms with Crippen LogP contribution in [0.1, 0.15) is 21.6 Å². The molecule has 1 aliphatic heterocycles. The molecule has 1 aromatic rings. The fourth-order valence-electron chi connectivity index (χ4n) is 3.29. The standard InChI is InChI=1S/C17H27N3O3/c1-11-6-15(16(22)19(5)12(11)2)17(23)20-8-13(7-18(3)4)14(9-20)10-21/h6,13-14,21H,7-10H2,1-5H3/t13-,14-/m1/s1. The average molecular weight is 321 g/mol. The van der Waals surface area contributed by atoms with Crippen LogP contribution >= 0.6 is 0 Å². The molecule has 1 aromatic heterocycles. The number of aromatic nitrogens is 1. The van der Waals surface area contributed by atoms with E-state index in [-0.39, 0.29) is 35.5 Å². The first-order chi connectivity index (χ1) is 10.8. The van der Waals surface area contributed by atoms with Crippen LogP contribution in [0.5, 0.6) is 0 Å². The van der Waals surface area contributed by atoms with Gasteiger partial charge in [-0.25, -0.2) is 0 Å². The highest BCUT2D eigenvalue weighted by molar-refractivity contribution is 5.94.